The number of nitrogens with one attached hydrogen (secondary N) is 1. The summed E-state index contributed by atoms with van der Waals surface area (Å²) >= 11 is 3.52. The predicted octanol–water partition coefficient (Wildman–Crippen LogP) is 2.72. The fourth-order valence-corrected chi connectivity index (χ4v) is 2.32. The van der Waals surface area contributed by atoms with Gasteiger partial charge in [-0.3, -0.25) is 5.32 Å². The fourth-order valence-electron chi connectivity index (χ4n) is 1.72. The molecule has 2 rings (SSSR count). The summed E-state index contributed by atoms with van der Waals surface area (Å²) in [5.41, 5.74) is 1.12. The molecule has 0 saturated carbocycles. The van der Waals surface area contributed by atoms with Gasteiger partial charge in [-0.2, -0.15) is 0 Å². The third-order valence-corrected chi connectivity index (χ3v) is 3.31. The van der Waals surface area contributed by atoms with Gasteiger partial charge in [0, 0.05) is 13.0 Å². The highest BCUT2D eigenvalue weighted by atomic mass is 79.9. The van der Waals surface area contributed by atoms with Crippen molar-refractivity contribution in [2.75, 3.05) is 13.2 Å². The number of rotatable bonds is 3. The van der Waals surface area contributed by atoms with E-state index in [2.05, 4.69) is 27.2 Å². The predicted molar refractivity (Wildman–Crippen MR) is 74.9 cm³/mol. The molecule has 0 aliphatic carbocycles. The summed E-state index contributed by atoms with van der Waals surface area (Å²) in [4.78, 5) is 0. The van der Waals surface area contributed by atoms with Crippen LogP contribution in [0, 0.1) is 12.3 Å². The molecule has 1 aromatic carbocycles. The monoisotopic (exact) mass is 309 g/mol. The van der Waals surface area contributed by atoms with Gasteiger partial charge in [-0.15, -0.1) is 6.42 Å². The van der Waals surface area contributed by atoms with Crippen LogP contribution in [0.3, 0.4) is 0 Å². The lowest BCUT2D eigenvalue weighted by atomic mass is 10.2. The van der Waals surface area contributed by atoms with Crippen LogP contribution in [0.2, 0.25) is 0 Å². The highest BCUT2D eigenvalue weighted by Crippen LogP contribution is 2.38. The van der Waals surface area contributed by atoms with Crippen molar-refractivity contribution in [2.24, 2.45) is 0 Å². The number of fused-ring (bicyclic) bond motifs is 1. The maximum Gasteiger partial charge on any atom is 0.175 e. The Labute approximate surface area is 116 Å². The highest BCUT2D eigenvalue weighted by molar-refractivity contribution is 9.10. The van der Waals surface area contributed by atoms with E-state index < -0.39 is 0 Å². The van der Waals surface area contributed by atoms with Gasteiger partial charge in [0.25, 0.3) is 0 Å². The van der Waals surface area contributed by atoms with Crippen LogP contribution in [0.5, 0.6) is 11.5 Å². The number of hydrogen-bond acceptors (Lipinski definition) is 3. The van der Waals surface area contributed by atoms with Crippen molar-refractivity contribution in [3.05, 3.63) is 22.2 Å². The van der Waals surface area contributed by atoms with Gasteiger partial charge in [-0.1, -0.05) is 5.92 Å². The Morgan fingerprint density at radius 1 is 1.44 bits per heavy atom. The van der Waals surface area contributed by atoms with E-state index >= 15 is 0 Å². The van der Waals surface area contributed by atoms with E-state index in [0.717, 1.165) is 28.0 Å². The minimum Gasteiger partial charge on any atom is -0.490 e. The van der Waals surface area contributed by atoms with E-state index in [1.807, 2.05) is 19.1 Å². The van der Waals surface area contributed by atoms with Crippen LogP contribution >= 0.6 is 15.9 Å². The fraction of sp³-hybridized carbons (Fsp3) is 0.429. The van der Waals surface area contributed by atoms with E-state index in [4.69, 9.17) is 15.9 Å². The average molecular weight is 310 g/mol. The normalized spacial score (nSPS) is 15.6. The summed E-state index contributed by atoms with van der Waals surface area (Å²) in [6.07, 6.45) is 6.24. The second-order valence-electron chi connectivity index (χ2n) is 4.22. The minimum absolute atomic E-state index is 0.0553. The molecule has 4 heteroatoms. The molecule has 1 N–H and O–H groups in total. The Kier molecular flexibility index (Phi) is 4.51. The molecule has 0 amide bonds. The molecule has 1 aliphatic rings. The van der Waals surface area contributed by atoms with Gasteiger partial charge in [0.05, 0.1) is 23.7 Å². The molecule has 1 heterocycles. The summed E-state index contributed by atoms with van der Waals surface area (Å²) in [6.45, 7) is 4.05. The van der Waals surface area contributed by atoms with Gasteiger partial charge >= 0.3 is 0 Å². The second kappa shape index (κ2) is 6.12. The van der Waals surface area contributed by atoms with E-state index in [0.29, 0.717) is 19.8 Å². The van der Waals surface area contributed by atoms with Gasteiger partial charge in [0.1, 0.15) is 0 Å². The Morgan fingerprint density at radius 2 is 2.22 bits per heavy atom. The Balaban J connectivity index is 2.16. The molecule has 0 spiro atoms. The molecule has 1 atom stereocenters. The van der Waals surface area contributed by atoms with Gasteiger partial charge in [-0.05, 0) is 40.5 Å². The maximum atomic E-state index is 5.68. The topological polar surface area (TPSA) is 30.5 Å². The number of benzene rings is 1. The second-order valence-corrected chi connectivity index (χ2v) is 5.08. The third kappa shape index (κ3) is 3.18. The molecule has 0 fully saturated rings. The standard InChI is InChI=1S/C14H16BrNO2/c1-3-10(2)16-9-11-7-12(15)14-13(8-11)17-5-4-6-18-14/h1,7-8,10,16H,4-6,9H2,2H3. The molecular formula is C14H16BrNO2. The Morgan fingerprint density at radius 3 is 3.00 bits per heavy atom. The van der Waals surface area contributed by atoms with Crippen LogP contribution in [0.25, 0.3) is 0 Å². The van der Waals surface area contributed by atoms with E-state index in [9.17, 15) is 0 Å². The largest absolute Gasteiger partial charge is 0.490 e. The third-order valence-electron chi connectivity index (χ3n) is 2.72. The van der Waals surface area contributed by atoms with Crippen molar-refractivity contribution in [1.29, 1.82) is 0 Å². The number of hydrogen-bond donors (Lipinski definition) is 1. The van der Waals surface area contributed by atoms with Gasteiger partial charge in [0.15, 0.2) is 11.5 Å². The lowest BCUT2D eigenvalue weighted by Gasteiger charge is -2.13. The van der Waals surface area contributed by atoms with Crippen molar-refractivity contribution in [3.8, 4) is 23.8 Å². The van der Waals surface area contributed by atoms with Crippen LogP contribution in [0.15, 0.2) is 16.6 Å². The number of halogens is 1. The average Bonchev–Trinajstić information content (AvgIpc) is 2.61. The zero-order valence-electron chi connectivity index (χ0n) is 10.3. The molecular weight excluding hydrogens is 294 g/mol. The Bertz CT molecular complexity index is 468. The number of ether oxygens (including phenoxy) is 2. The minimum atomic E-state index is 0.0553. The SMILES string of the molecule is C#CC(C)NCc1cc(Br)c2c(c1)OCCCO2. The van der Waals surface area contributed by atoms with E-state index in [1.165, 1.54) is 0 Å². The molecule has 1 unspecified atom stereocenters. The Hall–Kier alpha value is -1.18. The molecule has 0 aromatic heterocycles. The summed E-state index contributed by atoms with van der Waals surface area (Å²) in [6, 6.07) is 4.09. The molecule has 18 heavy (non-hydrogen) atoms. The maximum absolute atomic E-state index is 5.68. The summed E-state index contributed by atoms with van der Waals surface area (Å²) in [7, 11) is 0. The first kappa shape index (κ1) is 13.3. The molecule has 3 nitrogen and oxygen atoms in total. The zero-order chi connectivity index (χ0) is 13.0. The van der Waals surface area contributed by atoms with Crippen molar-refractivity contribution in [3.63, 3.8) is 0 Å². The van der Waals surface area contributed by atoms with Crippen LogP contribution < -0.4 is 14.8 Å². The first-order valence-electron chi connectivity index (χ1n) is 5.98. The van der Waals surface area contributed by atoms with Crippen LogP contribution in [0.1, 0.15) is 18.9 Å². The zero-order valence-corrected chi connectivity index (χ0v) is 11.9. The van der Waals surface area contributed by atoms with E-state index in [-0.39, 0.29) is 6.04 Å². The number of terminal acetylenes is 1. The smallest absolute Gasteiger partial charge is 0.175 e. The lowest BCUT2D eigenvalue weighted by Crippen LogP contribution is -2.23. The molecule has 0 radical (unpaired) electrons. The van der Waals surface area contributed by atoms with E-state index in [1.54, 1.807) is 0 Å². The molecule has 1 aromatic rings. The van der Waals surface area contributed by atoms with Crippen LogP contribution in [0.4, 0.5) is 0 Å². The molecule has 0 bridgehead atoms. The van der Waals surface area contributed by atoms with Crippen LogP contribution in [-0.2, 0) is 6.54 Å². The molecule has 0 saturated heterocycles. The van der Waals surface area contributed by atoms with Gasteiger partial charge in [0.2, 0.25) is 0 Å². The van der Waals surface area contributed by atoms with Crippen LogP contribution in [-0.4, -0.2) is 19.3 Å². The van der Waals surface area contributed by atoms with Crippen molar-refractivity contribution in [2.45, 2.75) is 25.9 Å². The van der Waals surface area contributed by atoms with Crippen molar-refractivity contribution >= 4 is 15.9 Å². The first-order valence-corrected chi connectivity index (χ1v) is 6.77. The first-order chi connectivity index (χ1) is 8.70. The molecule has 96 valence electrons. The summed E-state index contributed by atoms with van der Waals surface area (Å²) in [5, 5.41) is 3.24. The van der Waals surface area contributed by atoms with Crippen molar-refractivity contribution in [1.82, 2.24) is 5.32 Å². The lowest BCUT2D eigenvalue weighted by molar-refractivity contribution is 0.296. The molecule has 1 aliphatic heterocycles. The highest BCUT2D eigenvalue weighted by Gasteiger charge is 2.15. The summed E-state index contributed by atoms with van der Waals surface area (Å²) in [5.74, 6) is 4.23. The van der Waals surface area contributed by atoms with Crippen molar-refractivity contribution < 1.29 is 9.47 Å². The van der Waals surface area contributed by atoms with Gasteiger partial charge in [-0.25, -0.2) is 0 Å². The quantitative estimate of drug-likeness (QED) is 0.871. The summed E-state index contributed by atoms with van der Waals surface area (Å²) < 4.78 is 12.3. The van der Waals surface area contributed by atoms with Gasteiger partial charge < -0.3 is 9.47 Å².